The molecule has 3 N–H and O–H groups in total. The van der Waals surface area contributed by atoms with E-state index < -0.39 is 29.4 Å². The molecule has 0 bridgehead atoms. The molecule has 2 amide bonds. The van der Waals surface area contributed by atoms with Gasteiger partial charge in [0.2, 0.25) is 5.91 Å². The van der Waals surface area contributed by atoms with Crippen molar-refractivity contribution in [2.45, 2.75) is 51.0 Å². The first-order valence-electron chi connectivity index (χ1n) is 11.6. The largest absolute Gasteiger partial charge is 0.481 e. The Morgan fingerprint density at radius 2 is 1.61 bits per heavy atom. The zero-order chi connectivity index (χ0) is 23.4. The molecule has 7 nitrogen and oxygen atoms in total. The van der Waals surface area contributed by atoms with Crippen LogP contribution in [0.5, 0.6) is 0 Å². The second-order valence-corrected chi connectivity index (χ2v) is 8.94. The van der Waals surface area contributed by atoms with Crippen molar-refractivity contribution in [3.05, 3.63) is 59.7 Å². The first-order chi connectivity index (χ1) is 15.9. The lowest BCUT2D eigenvalue weighted by molar-refractivity contribution is -0.148. The van der Waals surface area contributed by atoms with Gasteiger partial charge in [0.1, 0.15) is 12.6 Å². The number of rotatable bonds is 8. The van der Waals surface area contributed by atoms with Gasteiger partial charge in [0.25, 0.3) is 0 Å². The summed E-state index contributed by atoms with van der Waals surface area (Å²) in [5, 5.41) is 15.0. The van der Waals surface area contributed by atoms with Gasteiger partial charge in [-0.2, -0.15) is 0 Å². The summed E-state index contributed by atoms with van der Waals surface area (Å²) in [6.07, 6.45) is 2.51. The van der Waals surface area contributed by atoms with Crippen molar-refractivity contribution in [3.63, 3.8) is 0 Å². The van der Waals surface area contributed by atoms with E-state index in [9.17, 15) is 19.5 Å². The molecule has 2 aliphatic carbocycles. The van der Waals surface area contributed by atoms with Gasteiger partial charge in [0.05, 0.1) is 5.41 Å². The van der Waals surface area contributed by atoms with Crippen LogP contribution in [-0.2, 0) is 14.3 Å². The number of carbonyl (C=O) groups is 3. The lowest BCUT2D eigenvalue weighted by Gasteiger charge is -2.25. The minimum Gasteiger partial charge on any atom is -0.481 e. The zero-order valence-electron chi connectivity index (χ0n) is 18.8. The summed E-state index contributed by atoms with van der Waals surface area (Å²) < 4.78 is 5.53. The number of benzene rings is 2. The quantitative estimate of drug-likeness (QED) is 0.562. The molecule has 7 heteroatoms. The maximum absolute atomic E-state index is 12.6. The van der Waals surface area contributed by atoms with Gasteiger partial charge in [-0.1, -0.05) is 68.3 Å². The Morgan fingerprint density at radius 1 is 1.03 bits per heavy atom. The Balaban J connectivity index is 1.34. The zero-order valence-corrected chi connectivity index (χ0v) is 18.8. The van der Waals surface area contributed by atoms with Crippen LogP contribution in [0.2, 0.25) is 0 Å². The summed E-state index contributed by atoms with van der Waals surface area (Å²) in [4.78, 5) is 36.9. The minimum absolute atomic E-state index is 0.0603. The smallest absolute Gasteiger partial charge is 0.407 e. The molecule has 1 unspecified atom stereocenters. The topological polar surface area (TPSA) is 105 Å². The molecule has 0 aliphatic heterocycles. The molecule has 0 aromatic heterocycles. The number of aliphatic carboxylic acids is 1. The van der Waals surface area contributed by atoms with E-state index in [-0.39, 0.29) is 19.1 Å². The maximum atomic E-state index is 12.6. The van der Waals surface area contributed by atoms with Gasteiger partial charge >= 0.3 is 12.1 Å². The monoisotopic (exact) mass is 450 g/mol. The van der Waals surface area contributed by atoms with E-state index in [4.69, 9.17) is 4.74 Å². The van der Waals surface area contributed by atoms with Gasteiger partial charge in [-0.3, -0.25) is 9.59 Å². The third-order valence-electron chi connectivity index (χ3n) is 6.98. The molecule has 33 heavy (non-hydrogen) atoms. The number of ether oxygens (including phenoxy) is 1. The van der Waals surface area contributed by atoms with Gasteiger partial charge < -0.3 is 20.5 Å². The van der Waals surface area contributed by atoms with Gasteiger partial charge in [-0.05, 0) is 41.5 Å². The lowest BCUT2D eigenvalue weighted by Crippen LogP contribution is -2.50. The van der Waals surface area contributed by atoms with Crippen molar-refractivity contribution in [2.75, 3.05) is 13.2 Å². The number of nitrogens with one attached hydrogen (secondary N) is 2. The van der Waals surface area contributed by atoms with Crippen LogP contribution in [0.4, 0.5) is 4.79 Å². The minimum atomic E-state index is -0.905. The van der Waals surface area contributed by atoms with Crippen LogP contribution in [-0.4, -0.2) is 42.3 Å². The molecule has 0 radical (unpaired) electrons. The molecule has 2 aromatic carbocycles. The molecule has 2 aliphatic rings. The average molecular weight is 451 g/mol. The Morgan fingerprint density at radius 3 is 2.15 bits per heavy atom. The van der Waals surface area contributed by atoms with Crippen molar-refractivity contribution in [2.24, 2.45) is 5.41 Å². The van der Waals surface area contributed by atoms with Crippen molar-refractivity contribution >= 4 is 18.0 Å². The van der Waals surface area contributed by atoms with E-state index >= 15 is 0 Å². The summed E-state index contributed by atoms with van der Waals surface area (Å²) in [5.74, 6) is -1.33. The number of carbonyl (C=O) groups excluding carboxylic acids is 2. The van der Waals surface area contributed by atoms with E-state index in [0.717, 1.165) is 35.1 Å². The molecule has 0 heterocycles. The standard InChI is InChI=1S/C26H30N2O5/c1-2-22(23(29)27-16-26(24(30)31)13-7-8-14-26)28-25(32)33-15-21-19-11-5-3-9-17(19)18-10-4-6-12-20(18)21/h3-6,9-12,21-22H,2,7-8,13-16H2,1H3,(H,27,29)(H,28,32)(H,30,31). The molecule has 1 atom stereocenters. The fraction of sp³-hybridized carbons (Fsp3) is 0.423. The maximum Gasteiger partial charge on any atom is 0.407 e. The molecule has 1 saturated carbocycles. The van der Waals surface area contributed by atoms with Crippen LogP contribution in [0.1, 0.15) is 56.1 Å². The van der Waals surface area contributed by atoms with Crippen molar-refractivity contribution in [1.29, 1.82) is 0 Å². The van der Waals surface area contributed by atoms with Crippen LogP contribution in [0, 0.1) is 5.41 Å². The fourth-order valence-corrected chi connectivity index (χ4v) is 5.03. The molecule has 2 aromatic rings. The van der Waals surface area contributed by atoms with Gasteiger partial charge in [-0.15, -0.1) is 0 Å². The molecule has 0 spiro atoms. The molecular formula is C26H30N2O5. The van der Waals surface area contributed by atoms with Crippen molar-refractivity contribution < 1.29 is 24.2 Å². The molecule has 0 saturated heterocycles. The second kappa shape index (κ2) is 9.65. The lowest BCUT2D eigenvalue weighted by atomic mass is 9.86. The summed E-state index contributed by atoms with van der Waals surface area (Å²) >= 11 is 0. The highest BCUT2D eigenvalue weighted by molar-refractivity contribution is 5.86. The van der Waals surface area contributed by atoms with Crippen LogP contribution in [0.3, 0.4) is 0 Å². The first-order valence-corrected chi connectivity index (χ1v) is 11.6. The molecule has 174 valence electrons. The summed E-state index contributed by atoms with van der Waals surface area (Å²) in [7, 11) is 0. The highest BCUT2D eigenvalue weighted by Crippen LogP contribution is 2.44. The van der Waals surface area contributed by atoms with Crippen molar-refractivity contribution in [3.8, 4) is 11.1 Å². The number of carboxylic acids is 1. The SMILES string of the molecule is CCC(NC(=O)OCC1c2ccccc2-c2ccccc21)C(=O)NCC1(C(=O)O)CCCC1. The third kappa shape index (κ3) is 4.58. The van der Waals surface area contributed by atoms with E-state index in [1.165, 1.54) is 0 Å². The van der Waals surface area contributed by atoms with Gasteiger partial charge in [-0.25, -0.2) is 4.79 Å². The van der Waals surface area contributed by atoms with Gasteiger partial charge in [0, 0.05) is 12.5 Å². The fourth-order valence-electron chi connectivity index (χ4n) is 5.03. The predicted octanol–water partition coefficient (Wildman–Crippen LogP) is 4.06. The van der Waals surface area contributed by atoms with Crippen LogP contribution < -0.4 is 10.6 Å². The number of carboxylic acid groups (broad SMARTS) is 1. The van der Waals surface area contributed by atoms with Crippen LogP contribution in [0.25, 0.3) is 11.1 Å². The Kier molecular flexibility index (Phi) is 6.67. The highest BCUT2D eigenvalue weighted by Gasteiger charge is 2.41. The molecule has 4 rings (SSSR count). The Bertz CT molecular complexity index is 999. The van der Waals surface area contributed by atoms with Crippen LogP contribution in [0.15, 0.2) is 48.5 Å². The Hall–Kier alpha value is -3.35. The summed E-state index contributed by atoms with van der Waals surface area (Å²) in [6, 6.07) is 15.4. The number of fused-ring (bicyclic) bond motifs is 3. The van der Waals surface area contributed by atoms with E-state index in [1.807, 2.05) is 36.4 Å². The molecular weight excluding hydrogens is 420 g/mol. The predicted molar refractivity (Wildman–Crippen MR) is 124 cm³/mol. The normalized spacial score (nSPS) is 17.0. The number of hydrogen-bond donors (Lipinski definition) is 3. The molecule has 1 fully saturated rings. The van der Waals surface area contributed by atoms with Crippen LogP contribution >= 0.6 is 0 Å². The van der Waals surface area contributed by atoms with Gasteiger partial charge in [0.15, 0.2) is 0 Å². The van der Waals surface area contributed by atoms with Crippen molar-refractivity contribution in [1.82, 2.24) is 10.6 Å². The summed E-state index contributed by atoms with van der Waals surface area (Å²) in [5.41, 5.74) is 3.62. The number of amides is 2. The third-order valence-corrected chi connectivity index (χ3v) is 6.98. The van der Waals surface area contributed by atoms with E-state index in [0.29, 0.717) is 19.3 Å². The highest BCUT2D eigenvalue weighted by atomic mass is 16.5. The Labute approximate surface area is 193 Å². The number of hydrogen-bond acceptors (Lipinski definition) is 4. The average Bonchev–Trinajstić information content (AvgIpc) is 3.44. The summed E-state index contributed by atoms with van der Waals surface area (Å²) in [6.45, 7) is 2.03. The van der Waals surface area contributed by atoms with E-state index in [1.54, 1.807) is 6.92 Å². The second-order valence-electron chi connectivity index (χ2n) is 8.94. The number of alkyl carbamates (subject to hydrolysis) is 1. The first kappa shape index (κ1) is 22.8. The van der Waals surface area contributed by atoms with E-state index in [2.05, 4.69) is 22.8 Å².